The van der Waals surface area contributed by atoms with Crippen LogP contribution in [-0.2, 0) is 4.74 Å². The molecule has 4 rings (SSSR count). The van der Waals surface area contributed by atoms with Gasteiger partial charge in [0, 0.05) is 32.1 Å². The van der Waals surface area contributed by atoms with Crippen LogP contribution in [-0.4, -0.2) is 34.9 Å². The van der Waals surface area contributed by atoms with Crippen LogP contribution in [0.1, 0.15) is 37.4 Å². The molecule has 0 bridgehead atoms. The number of anilines is 1. The van der Waals surface area contributed by atoms with Gasteiger partial charge < -0.3 is 14.7 Å². The first kappa shape index (κ1) is 16.5. The monoisotopic (exact) mass is 342 g/mol. The van der Waals surface area contributed by atoms with Crippen LogP contribution in [0.15, 0.2) is 48.7 Å². The minimum absolute atomic E-state index is 0.0805. The molecule has 1 N–H and O–H groups in total. The summed E-state index contributed by atoms with van der Waals surface area (Å²) in [5, 5.41) is 10.4. The number of halogens is 1. The highest BCUT2D eigenvalue weighted by molar-refractivity contribution is 5.40. The predicted octanol–water partition coefficient (Wildman–Crippen LogP) is 3.47. The van der Waals surface area contributed by atoms with Gasteiger partial charge in [0.15, 0.2) is 11.6 Å². The van der Waals surface area contributed by atoms with E-state index in [0.29, 0.717) is 31.7 Å². The minimum atomic E-state index is -0.364. The first-order valence-electron chi connectivity index (χ1n) is 8.91. The molecule has 2 aliphatic rings. The summed E-state index contributed by atoms with van der Waals surface area (Å²) in [7, 11) is 0. The van der Waals surface area contributed by atoms with Gasteiger partial charge in [0.05, 0.1) is 17.8 Å². The highest BCUT2D eigenvalue weighted by Crippen LogP contribution is 2.43. The minimum Gasteiger partial charge on any atom is -0.393 e. The van der Waals surface area contributed by atoms with Gasteiger partial charge in [-0.2, -0.15) is 0 Å². The van der Waals surface area contributed by atoms with Gasteiger partial charge in [-0.05, 0) is 30.5 Å². The summed E-state index contributed by atoms with van der Waals surface area (Å²) in [6, 6.07) is 13.1. The van der Waals surface area contributed by atoms with E-state index in [-0.39, 0.29) is 23.6 Å². The van der Waals surface area contributed by atoms with Crippen LogP contribution in [0.25, 0.3) is 0 Å². The van der Waals surface area contributed by atoms with Crippen molar-refractivity contribution in [3.05, 3.63) is 60.0 Å². The molecule has 0 aliphatic carbocycles. The van der Waals surface area contributed by atoms with Gasteiger partial charge in [-0.1, -0.05) is 30.3 Å². The van der Waals surface area contributed by atoms with E-state index in [1.54, 1.807) is 12.3 Å². The van der Waals surface area contributed by atoms with Gasteiger partial charge in [-0.15, -0.1) is 0 Å². The average molecular weight is 342 g/mol. The van der Waals surface area contributed by atoms with Gasteiger partial charge in [0.25, 0.3) is 0 Å². The third kappa shape index (κ3) is 3.39. The largest absolute Gasteiger partial charge is 0.393 e. The third-order valence-corrected chi connectivity index (χ3v) is 5.37. The summed E-state index contributed by atoms with van der Waals surface area (Å²) >= 11 is 0. The molecular formula is C20H23FN2O2. The average Bonchev–Trinajstić information content (AvgIpc) is 2.63. The number of rotatable bonds is 2. The van der Waals surface area contributed by atoms with Gasteiger partial charge in [0.1, 0.15) is 0 Å². The van der Waals surface area contributed by atoms with E-state index in [1.807, 2.05) is 23.1 Å². The molecular weight excluding hydrogens is 319 g/mol. The number of pyridine rings is 1. The number of benzene rings is 1. The van der Waals surface area contributed by atoms with Crippen molar-refractivity contribution in [3.63, 3.8) is 0 Å². The van der Waals surface area contributed by atoms with Crippen LogP contribution >= 0.6 is 0 Å². The lowest BCUT2D eigenvalue weighted by Gasteiger charge is -2.48. The number of hydrogen-bond acceptors (Lipinski definition) is 4. The molecule has 0 radical (unpaired) electrons. The molecule has 5 heteroatoms. The van der Waals surface area contributed by atoms with Crippen molar-refractivity contribution in [2.24, 2.45) is 0 Å². The van der Waals surface area contributed by atoms with E-state index in [4.69, 9.17) is 4.74 Å². The lowest BCUT2D eigenvalue weighted by molar-refractivity contribution is -0.173. The van der Waals surface area contributed by atoms with E-state index in [0.717, 1.165) is 18.4 Å². The Balaban J connectivity index is 1.49. The standard InChI is InChI=1S/C20H23FN2O2/c21-17-7-4-10-22-19(17)23-11-8-20(9-12-23)14-16(24)13-18(25-20)15-5-2-1-3-6-15/h1-7,10,16,18,24H,8-9,11-14H2/t16-,18-/m1/s1. The van der Waals surface area contributed by atoms with Crippen molar-refractivity contribution in [1.29, 1.82) is 0 Å². The number of piperidine rings is 1. The van der Waals surface area contributed by atoms with Gasteiger partial charge in [0.2, 0.25) is 0 Å². The highest BCUT2D eigenvalue weighted by atomic mass is 19.1. The molecule has 25 heavy (non-hydrogen) atoms. The maximum Gasteiger partial charge on any atom is 0.165 e. The van der Waals surface area contributed by atoms with Crippen molar-refractivity contribution in [2.45, 2.75) is 43.5 Å². The van der Waals surface area contributed by atoms with Crippen LogP contribution in [0.5, 0.6) is 0 Å². The molecule has 3 heterocycles. The maximum absolute atomic E-state index is 14.0. The number of hydrogen-bond donors (Lipinski definition) is 1. The van der Waals surface area contributed by atoms with Crippen molar-refractivity contribution < 1.29 is 14.2 Å². The molecule has 0 amide bonds. The van der Waals surface area contributed by atoms with E-state index < -0.39 is 0 Å². The highest BCUT2D eigenvalue weighted by Gasteiger charge is 2.44. The Morgan fingerprint density at radius 3 is 2.60 bits per heavy atom. The number of ether oxygens (including phenoxy) is 1. The first-order valence-corrected chi connectivity index (χ1v) is 8.91. The smallest absolute Gasteiger partial charge is 0.165 e. The van der Waals surface area contributed by atoms with E-state index in [2.05, 4.69) is 17.1 Å². The van der Waals surface area contributed by atoms with Crippen LogP contribution in [0.2, 0.25) is 0 Å². The molecule has 132 valence electrons. The lowest BCUT2D eigenvalue weighted by atomic mass is 9.81. The van der Waals surface area contributed by atoms with Crippen LogP contribution < -0.4 is 4.90 Å². The predicted molar refractivity (Wildman–Crippen MR) is 93.9 cm³/mol. The Bertz CT molecular complexity index is 717. The van der Waals surface area contributed by atoms with Gasteiger partial charge in [-0.25, -0.2) is 9.37 Å². The Morgan fingerprint density at radius 2 is 1.88 bits per heavy atom. The second-order valence-electron chi connectivity index (χ2n) is 7.09. The van der Waals surface area contributed by atoms with Crippen LogP contribution in [0.3, 0.4) is 0 Å². The molecule has 2 aliphatic heterocycles. The molecule has 2 fully saturated rings. The number of aliphatic hydroxyl groups is 1. The third-order valence-electron chi connectivity index (χ3n) is 5.37. The summed E-state index contributed by atoms with van der Waals surface area (Å²) in [5.74, 6) is 0.124. The fourth-order valence-electron chi connectivity index (χ4n) is 4.09. The molecule has 1 aromatic heterocycles. The number of aliphatic hydroxyl groups excluding tert-OH is 1. The second-order valence-corrected chi connectivity index (χ2v) is 7.09. The quantitative estimate of drug-likeness (QED) is 0.908. The Hall–Kier alpha value is -1.98. The van der Waals surface area contributed by atoms with E-state index >= 15 is 0 Å². The molecule has 0 saturated carbocycles. The Labute approximate surface area is 147 Å². The van der Waals surface area contributed by atoms with Crippen molar-refractivity contribution in [1.82, 2.24) is 4.98 Å². The zero-order chi connectivity index (χ0) is 17.3. The van der Waals surface area contributed by atoms with Crippen LogP contribution in [0.4, 0.5) is 10.2 Å². The van der Waals surface area contributed by atoms with E-state index in [9.17, 15) is 9.50 Å². The molecule has 1 spiro atoms. The molecule has 4 nitrogen and oxygen atoms in total. The van der Waals surface area contributed by atoms with Gasteiger partial charge in [-0.3, -0.25) is 0 Å². The second kappa shape index (κ2) is 6.73. The molecule has 1 aromatic carbocycles. The first-order chi connectivity index (χ1) is 12.2. The maximum atomic E-state index is 14.0. The molecule has 2 aromatic rings. The summed E-state index contributed by atoms with van der Waals surface area (Å²) in [6.07, 6.45) is 3.99. The number of nitrogens with zero attached hydrogens (tertiary/aromatic N) is 2. The van der Waals surface area contributed by atoms with E-state index in [1.165, 1.54) is 6.07 Å². The summed E-state index contributed by atoms with van der Waals surface area (Å²) in [4.78, 5) is 6.15. The van der Waals surface area contributed by atoms with Gasteiger partial charge >= 0.3 is 0 Å². The fourth-order valence-corrected chi connectivity index (χ4v) is 4.09. The normalized spacial score (nSPS) is 25.9. The molecule has 2 saturated heterocycles. The zero-order valence-corrected chi connectivity index (χ0v) is 14.1. The lowest BCUT2D eigenvalue weighted by Crippen LogP contribution is -2.51. The summed E-state index contributed by atoms with van der Waals surface area (Å²) in [6.45, 7) is 1.37. The zero-order valence-electron chi connectivity index (χ0n) is 14.1. The fraction of sp³-hybridized carbons (Fsp3) is 0.450. The van der Waals surface area contributed by atoms with Crippen molar-refractivity contribution in [2.75, 3.05) is 18.0 Å². The Kier molecular flexibility index (Phi) is 4.44. The SMILES string of the molecule is O[C@@H]1C[C@H](c2ccccc2)OC2(CCN(c3ncccc3F)CC2)C1. The van der Waals surface area contributed by atoms with Crippen molar-refractivity contribution in [3.8, 4) is 0 Å². The number of aromatic nitrogens is 1. The summed E-state index contributed by atoms with van der Waals surface area (Å²) < 4.78 is 20.5. The Morgan fingerprint density at radius 1 is 1.12 bits per heavy atom. The summed E-state index contributed by atoms with van der Waals surface area (Å²) in [5.41, 5.74) is 0.777. The topological polar surface area (TPSA) is 45.6 Å². The van der Waals surface area contributed by atoms with Crippen LogP contribution in [0, 0.1) is 5.82 Å². The molecule has 0 unspecified atom stereocenters. The molecule has 2 atom stereocenters. The van der Waals surface area contributed by atoms with Crippen molar-refractivity contribution >= 4 is 5.82 Å².